The highest BCUT2D eigenvalue weighted by molar-refractivity contribution is 6.00. The summed E-state index contributed by atoms with van der Waals surface area (Å²) in [6.07, 6.45) is -3.02. The average Bonchev–Trinajstić information content (AvgIpc) is 3.51. The van der Waals surface area contributed by atoms with E-state index in [1.807, 2.05) is 30.3 Å². The highest BCUT2D eigenvalue weighted by atomic mass is 19.4. The van der Waals surface area contributed by atoms with Crippen LogP contribution in [-0.4, -0.2) is 69.0 Å². The van der Waals surface area contributed by atoms with Crippen LogP contribution < -0.4 is 10.6 Å². The number of carbonyl (C=O) groups is 4. The molecule has 1 saturated heterocycles. The zero-order chi connectivity index (χ0) is 29.1. The van der Waals surface area contributed by atoms with Crippen molar-refractivity contribution in [1.82, 2.24) is 25.3 Å². The van der Waals surface area contributed by atoms with Crippen LogP contribution in [0.3, 0.4) is 0 Å². The van der Waals surface area contributed by atoms with E-state index in [1.165, 1.54) is 24.9 Å². The van der Waals surface area contributed by atoms with E-state index < -0.39 is 53.7 Å². The first-order valence-electron chi connectivity index (χ1n) is 12.9. The Hall–Kier alpha value is -3.70. The van der Waals surface area contributed by atoms with E-state index in [4.69, 9.17) is 0 Å². The van der Waals surface area contributed by atoms with Crippen LogP contribution in [-0.2, 0) is 14.4 Å². The van der Waals surface area contributed by atoms with Gasteiger partial charge in [-0.3, -0.25) is 19.2 Å². The molecule has 0 radical (unpaired) electrons. The second kappa shape index (κ2) is 12.0. The second-order valence-corrected chi connectivity index (χ2v) is 10.4. The van der Waals surface area contributed by atoms with Crippen LogP contribution in [0, 0.1) is 18.8 Å². The number of rotatable bonds is 9. The number of Topliss-reactive ketones (excluding diaryl/α,β-unsaturated/α-hetero) is 1. The third-order valence-corrected chi connectivity index (χ3v) is 6.84. The van der Waals surface area contributed by atoms with Crippen molar-refractivity contribution in [1.29, 1.82) is 0 Å². The molecular formula is C27H34F3N5O4. The van der Waals surface area contributed by atoms with Crippen LogP contribution in [0.15, 0.2) is 36.5 Å². The molecule has 212 valence electrons. The van der Waals surface area contributed by atoms with E-state index in [9.17, 15) is 32.3 Å². The summed E-state index contributed by atoms with van der Waals surface area (Å²) in [6.45, 7) is 8.21. The summed E-state index contributed by atoms with van der Waals surface area (Å²) in [5.74, 6) is -5.07. The molecule has 0 saturated carbocycles. The standard InChI is InChI=1S/C27H34F3N5O4/c1-15(2)21(23(36)27(28,29)30)32-25(38)20-12-9-13-34(20)26(39)22(16(3)4)33-24(37)19-14-31-35(17(19)5)18-10-7-6-8-11-18/h6-8,10-11,14-16,20-22H,9,12-13H2,1-5H3,(H,32,38)(H,33,37)/t20-,21-,22-/m0/s1. The summed E-state index contributed by atoms with van der Waals surface area (Å²) in [7, 11) is 0. The van der Waals surface area contributed by atoms with Gasteiger partial charge in [0.1, 0.15) is 12.1 Å². The number of aromatic nitrogens is 2. The smallest absolute Gasteiger partial charge is 0.344 e. The van der Waals surface area contributed by atoms with Gasteiger partial charge in [0.2, 0.25) is 11.8 Å². The number of halogens is 3. The fraction of sp³-hybridized carbons (Fsp3) is 0.519. The number of likely N-dealkylation sites (tertiary alicyclic amines) is 1. The van der Waals surface area contributed by atoms with E-state index in [0.717, 1.165) is 5.69 Å². The molecule has 3 amide bonds. The van der Waals surface area contributed by atoms with Crippen molar-refractivity contribution < 1.29 is 32.3 Å². The SMILES string of the molecule is Cc1c(C(=O)N[C@H](C(=O)N2CCC[C@H]2C(=O)N[C@H](C(=O)C(F)(F)F)C(C)C)C(C)C)cnn1-c1ccccc1. The van der Waals surface area contributed by atoms with Gasteiger partial charge in [0, 0.05) is 6.54 Å². The van der Waals surface area contributed by atoms with E-state index in [2.05, 4.69) is 15.7 Å². The van der Waals surface area contributed by atoms with Crippen molar-refractivity contribution in [3.05, 3.63) is 47.8 Å². The van der Waals surface area contributed by atoms with Gasteiger partial charge in [-0.2, -0.15) is 18.3 Å². The Labute approximate surface area is 225 Å². The minimum Gasteiger partial charge on any atom is -0.344 e. The van der Waals surface area contributed by atoms with Gasteiger partial charge in [0.25, 0.3) is 11.7 Å². The molecule has 12 heteroatoms. The van der Waals surface area contributed by atoms with Crippen molar-refractivity contribution in [3.8, 4) is 5.69 Å². The Morgan fingerprint density at radius 2 is 1.59 bits per heavy atom. The summed E-state index contributed by atoms with van der Waals surface area (Å²) in [6, 6.07) is 5.41. The molecule has 0 bridgehead atoms. The molecule has 2 aromatic rings. The Kier molecular flexibility index (Phi) is 9.18. The number of ketones is 1. The lowest BCUT2D eigenvalue weighted by molar-refractivity contribution is -0.175. The number of para-hydroxylation sites is 1. The Morgan fingerprint density at radius 1 is 0.974 bits per heavy atom. The third kappa shape index (κ3) is 6.66. The zero-order valence-electron chi connectivity index (χ0n) is 22.6. The highest BCUT2D eigenvalue weighted by Crippen LogP contribution is 2.24. The van der Waals surface area contributed by atoms with Gasteiger partial charge >= 0.3 is 6.18 Å². The van der Waals surface area contributed by atoms with Gasteiger partial charge in [-0.15, -0.1) is 0 Å². The Balaban J connectivity index is 1.76. The third-order valence-electron chi connectivity index (χ3n) is 6.84. The first-order valence-corrected chi connectivity index (χ1v) is 12.9. The van der Waals surface area contributed by atoms with Crippen LogP contribution in [0.4, 0.5) is 13.2 Å². The monoisotopic (exact) mass is 549 g/mol. The van der Waals surface area contributed by atoms with Crippen molar-refractivity contribution in [2.24, 2.45) is 11.8 Å². The number of carbonyl (C=O) groups excluding carboxylic acids is 4. The van der Waals surface area contributed by atoms with Gasteiger partial charge in [-0.05, 0) is 43.7 Å². The lowest BCUT2D eigenvalue weighted by Gasteiger charge is -2.31. The molecule has 39 heavy (non-hydrogen) atoms. The molecule has 1 aliphatic heterocycles. The molecule has 0 aliphatic carbocycles. The first kappa shape index (κ1) is 29.9. The summed E-state index contributed by atoms with van der Waals surface area (Å²) in [4.78, 5) is 52.9. The van der Waals surface area contributed by atoms with Crippen molar-refractivity contribution in [3.63, 3.8) is 0 Å². The van der Waals surface area contributed by atoms with Gasteiger partial charge in [-0.1, -0.05) is 45.9 Å². The van der Waals surface area contributed by atoms with Gasteiger partial charge in [-0.25, -0.2) is 4.68 Å². The number of amides is 3. The van der Waals surface area contributed by atoms with Gasteiger partial charge < -0.3 is 15.5 Å². The van der Waals surface area contributed by atoms with E-state index in [0.29, 0.717) is 12.1 Å². The van der Waals surface area contributed by atoms with Crippen LogP contribution in [0.2, 0.25) is 0 Å². The molecule has 9 nitrogen and oxygen atoms in total. The molecule has 1 aliphatic rings. The predicted octanol–water partition coefficient (Wildman–Crippen LogP) is 3.20. The van der Waals surface area contributed by atoms with Crippen LogP contribution >= 0.6 is 0 Å². The number of hydrogen-bond donors (Lipinski definition) is 2. The van der Waals surface area contributed by atoms with E-state index in [1.54, 1.807) is 25.5 Å². The maximum atomic E-state index is 13.6. The van der Waals surface area contributed by atoms with Crippen molar-refractivity contribution >= 4 is 23.5 Å². The number of nitrogens with zero attached hydrogens (tertiary/aromatic N) is 3. The summed E-state index contributed by atoms with van der Waals surface area (Å²) >= 11 is 0. The van der Waals surface area contributed by atoms with Crippen LogP contribution in [0.25, 0.3) is 5.69 Å². The van der Waals surface area contributed by atoms with Crippen LogP contribution in [0.5, 0.6) is 0 Å². The maximum Gasteiger partial charge on any atom is 0.452 e. The zero-order valence-corrected chi connectivity index (χ0v) is 22.6. The van der Waals surface area contributed by atoms with Gasteiger partial charge in [0.05, 0.1) is 29.2 Å². The second-order valence-electron chi connectivity index (χ2n) is 10.4. The maximum absolute atomic E-state index is 13.6. The highest BCUT2D eigenvalue weighted by Gasteiger charge is 2.46. The molecule has 1 aromatic heterocycles. The molecular weight excluding hydrogens is 515 g/mol. The predicted molar refractivity (Wildman–Crippen MR) is 137 cm³/mol. The quantitative estimate of drug-likeness (QED) is 0.499. The molecule has 1 aromatic carbocycles. The molecule has 1 fully saturated rings. The molecule has 3 atom stereocenters. The molecule has 0 spiro atoms. The normalized spacial score (nSPS) is 17.3. The van der Waals surface area contributed by atoms with E-state index in [-0.39, 0.29) is 24.4 Å². The molecule has 3 rings (SSSR count). The lowest BCUT2D eigenvalue weighted by Crippen LogP contribution is -2.58. The van der Waals surface area contributed by atoms with Crippen molar-refractivity contribution in [2.75, 3.05) is 6.54 Å². The molecule has 2 heterocycles. The summed E-state index contributed by atoms with van der Waals surface area (Å²) < 4.78 is 40.8. The molecule has 0 unspecified atom stereocenters. The number of benzene rings is 1. The number of nitrogens with one attached hydrogen (secondary N) is 2. The average molecular weight is 550 g/mol. The van der Waals surface area contributed by atoms with Crippen molar-refractivity contribution in [2.45, 2.75) is 71.8 Å². The number of hydrogen-bond acceptors (Lipinski definition) is 5. The minimum atomic E-state index is -5.10. The summed E-state index contributed by atoms with van der Waals surface area (Å²) in [5.41, 5.74) is 1.61. The number of alkyl halides is 3. The first-order chi connectivity index (χ1) is 18.2. The van der Waals surface area contributed by atoms with Gasteiger partial charge in [0.15, 0.2) is 0 Å². The fourth-order valence-electron chi connectivity index (χ4n) is 4.64. The Morgan fingerprint density at radius 3 is 2.15 bits per heavy atom. The largest absolute Gasteiger partial charge is 0.452 e. The van der Waals surface area contributed by atoms with Crippen LogP contribution in [0.1, 0.15) is 56.6 Å². The minimum absolute atomic E-state index is 0.195. The fourth-order valence-corrected chi connectivity index (χ4v) is 4.64. The van der Waals surface area contributed by atoms with E-state index >= 15 is 0 Å². The summed E-state index contributed by atoms with van der Waals surface area (Å²) in [5, 5.41) is 9.25. The topological polar surface area (TPSA) is 113 Å². The lowest BCUT2D eigenvalue weighted by atomic mass is 9.98. The Bertz CT molecular complexity index is 1210. The molecule has 2 N–H and O–H groups in total.